The zero-order valence-electron chi connectivity index (χ0n) is 15.8. The van der Waals surface area contributed by atoms with E-state index in [1.165, 1.54) is 16.9 Å². The summed E-state index contributed by atoms with van der Waals surface area (Å²) in [5.41, 5.74) is 3.04. The van der Waals surface area contributed by atoms with Gasteiger partial charge in [0, 0.05) is 36.6 Å². The van der Waals surface area contributed by atoms with E-state index in [0.717, 1.165) is 51.1 Å². The van der Waals surface area contributed by atoms with Crippen LogP contribution in [0.5, 0.6) is 11.5 Å². The maximum Gasteiger partial charge on any atom is 0.231 e. The van der Waals surface area contributed by atoms with Gasteiger partial charge in [0.2, 0.25) is 6.79 Å². The maximum atomic E-state index is 11.8. The van der Waals surface area contributed by atoms with Crippen LogP contribution in [-0.2, 0) is 11.2 Å². The fourth-order valence-corrected chi connectivity index (χ4v) is 4.96. The SMILES string of the molecule is CC(=O)c1sc(N2CCOC[C@@H]2Cc2c[nH]c3cc4c(cc23)OCO4)nc1C. The highest BCUT2D eigenvalue weighted by Crippen LogP contribution is 2.38. The Morgan fingerprint density at radius 2 is 2.18 bits per heavy atom. The van der Waals surface area contributed by atoms with Gasteiger partial charge in [0.15, 0.2) is 22.4 Å². The second-order valence-corrected chi connectivity index (χ2v) is 8.14. The first-order valence-corrected chi connectivity index (χ1v) is 10.1. The molecule has 0 unspecified atom stereocenters. The molecule has 0 aliphatic carbocycles. The Balaban J connectivity index is 1.45. The van der Waals surface area contributed by atoms with Crippen molar-refractivity contribution in [2.75, 3.05) is 31.5 Å². The first-order valence-electron chi connectivity index (χ1n) is 9.32. The van der Waals surface area contributed by atoms with Gasteiger partial charge in [0.05, 0.1) is 29.8 Å². The molecule has 2 aliphatic rings. The minimum absolute atomic E-state index is 0.0683. The van der Waals surface area contributed by atoms with Crippen molar-refractivity contribution in [1.29, 1.82) is 0 Å². The number of fused-ring (bicyclic) bond motifs is 2. The summed E-state index contributed by atoms with van der Waals surface area (Å²) in [6, 6.07) is 4.18. The highest BCUT2D eigenvalue weighted by atomic mass is 32.1. The topological polar surface area (TPSA) is 76.7 Å². The molecule has 1 aromatic carbocycles. The number of H-pyrrole nitrogens is 1. The fourth-order valence-electron chi connectivity index (χ4n) is 3.90. The van der Waals surface area contributed by atoms with Crippen LogP contribution in [0.15, 0.2) is 18.3 Å². The molecule has 0 radical (unpaired) electrons. The Morgan fingerprint density at radius 3 is 2.96 bits per heavy atom. The Hall–Kier alpha value is -2.58. The van der Waals surface area contributed by atoms with Gasteiger partial charge in [0.25, 0.3) is 0 Å². The van der Waals surface area contributed by atoms with Gasteiger partial charge in [-0.1, -0.05) is 11.3 Å². The Morgan fingerprint density at radius 1 is 1.36 bits per heavy atom. The van der Waals surface area contributed by atoms with Crippen molar-refractivity contribution in [1.82, 2.24) is 9.97 Å². The van der Waals surface area contributed by atoms with E-state index in [-0.39, 0.29) is 18.6 Å². The molecule has 146 valence electrons. The molecular weight excluding hydrogens is 378 g/mol. The van der Waals surface area contributed by atoms with Crippen LogP contribution in [0.2, 0.25) is 0 Å². The fraction of sp³-hybridized carbons (Fsp3) is 0.400. The molecule has 28 heavy (non-hydrogen) atoms. The summed E-state index contributed by atoms with van der Waals surface area (Å²) in [5.74, 6) is 1.63. The van der Waals surface area contributed by atoms with E-state index in [2.05, 4.69) is 14.9 Å². The number of ether oxygens (including phenoxy) is 3. The lowest BCUT2D eigenvalue weighted by Gasteiger charge is -2.35. The molecule has 1 saturated heterocycles. The van der Waals surface area contributed by atoms with Crippen molar-refractivity contribution in [2.24, 2.45) is 0 Å². The van der Waals surface area contributed by atoms with E-state index in [0.29, 0.717) is 13.2 Å². The molecule has 0 saturated carbocycles. The lowest BCUT2D eigenvalue weighted by Crippen LogP contribution is -2.46. The minimum Gasteiger partial charge on any atom is -0.454 e. The number of aromatic nitrogens is 2. The summed E-state index contributed by atoms with van der Waals surface area (Å²) < 4.78 is 16.8. The normalized spacial score (nSPS) is 18.8. The summed E-state index contributed by atoms with van der Waals surface area (Å²) in [7, 11) is 0. The number of hydrogen-bond acceptors (Lipinski definition) is 7. The molecule has 7 nitrogen and oxygen atoms in total. The second-order valence-electron chi connectivity index (χ2n) is 7.16. The van der Waals surface area contributed by atoms with Gasteiger partial charge in [-0.05, 0) is 25.0 Å². The number of carbonyl (C=O) groups excluding carboxylic acids is 1. The number of aryl methyl sites for hydroxylation is 1. The number of ketones is 1. The average molecular weight is 399 g/mol. The highest BCUT2D eigenvalue weighted by molar-refractivity contribution is 7.17. The van der Waals surface area contributed by atoms with Crippen LogP contribution in [0.4, 0.5) is 5.13 Å². The molecule has 0 spiro atoms. The highest BCUT2D eigenvalue weighted by Gasteiger charge is 2.28. The molecule has 4 heterocycles. The lowest BCUT2D eigenvalue weighted by molar-refractivity contribution is 0.0941. The van der Waals surface area contributed by atoms with Crippen molar-refractivity contribution in [3.8, 4) is 11.5 Å². The number of morpholine rings is 1. The number of carbonyl (C=O) groups is 1. The van der Waals surface area contributed by atoms with Gasteiger partial charge >= 0.3 is 0 Å². The van der Waals surface area contributed by atoms with E-state index in [9.17, 15) is 4.79 Å². The number of benzene rings is 1. The van der Waals surface area contributed by atoms with Crippen LogP contribution < -0.4 is 14.4 Å². The molecule has 1 N–H and O–H groups in total. The number of anilines is 1. The van der Waals surface area contributed by atoms with Crippen molar-refractivity contribution in [2.45, 2.75) is 26.3 Å². The van der Waals surface area contributed by atoms with Gasteiger partial charge in [0.1, 0.15) is 0 Å². The Labute approximate surface area is 166 Å². The molecule has 0 amide bonds. The van der Waals surface area contributed by atoms with Crippen LogP contribution in [0.25, 0.3) is 10.9 Å². The number of nitrogens with zero attached hydrogens (tertiary/aromatic N) is 2. The van der Waals surface area contributed by atoms with E-state index in [1.807, 2.05) is 25.3 Å². The second kappa shape index (κ2) is 6.79. The van der Waals surface area contributed by atoms with Crippen molar-refractivity contribution >= 4 is 33.2 Å². The van der Waals surface area contributed by atoms with Crippen LogP contribution in [-0.4, -0.2) is 48.3 Å². The summed E-state index contributed by atoms with van der Waals surface area (Å²) in [5, 5.41) is 2.03. The number of Topliss-reactive ketones (excluding diaryl/α,β-unsaturated/α-hetero) is 1. The average Bonchev–Trinajstić information content (AvgIpc) is 3.39. The number of hydrogen-bond donors (Lipinski definition) is 1. The lowest BCUT2D eigenvalue weighted by atomic mass is 10.0. The molecule has 0 bridgehead atoms. The van der Waals surface area contributed by atoms with Gasteiger partial charge in [-0.25, -0.2) is 4.98 Å². The Bertz CT molecular complexity index is 1060. The molecule has 8 heteroatoms. The number of nitrogens with one attached hydrogen (secondary N) is 1. The quantitative estimate of drug-likeness (QED) is 0.679. The molecule has 2 aromatic heterocycles. The largest absolute Gasteiger partial charge is 0.454 e. The Kier molecular flexibility index (Phi) is 4.25. The smallest absolute Gasteiger partial charge is 0.231 e. The molecular formula is C20H21N3O4S. The van der Waals surface area contributed by atoms with E-state index < -0.39 is 0 Å². The number of aromatic amines is 1. The first kappa shape index (κ1) is 17.5. The van der Waals surface area contributed by atoms with Crippen LogP contribution in [0.1, 0.15) is 27.9 Å². The van der Waals surface area contributed by atoms with Gasteiger partial charge in [-0.2, -0.15) is 0 Å². The van der Waals surface area contributed by atoms with E-state index >= 15 is 0 Å². The number of rotatable bonds is 4. The summed E-state index contributed by atoms with van der Waals surface area (Å²) in [4.78, 5) is 22.9. The molecule has 1 fully saturated rings. The zero-order valence-corrected chi connectivity index (χ0v) is 16.6. The summed E-state index contributed by atoms with van der Waals surface area (Å²) in [6.07, 6.45) is 2.86. The minimum atomic E-state index is 0.0683. The number of thiazole rings is 1. The van der Waals surface area contributed by atoms with Gasteiger partial charge < -0.3 is 24.1 Å². The van der Waals surface area contributed by atoms with E-state index in [4.69, 9.17) is 14.2 Å². The standard InChI is InChI=1S/C20H21N3O4S/c1-11-19(12(2)24)28-20(22-11)23-3-4-25-9-14(23)5-13-8-21-16-7-18-17(6-15(13)16)26-10-27-18/h6-8,14,21H,3-5,9-10H2,1-2H3/t14-/m0/s1. The van der Waals surface area contributed by atoms with Gasteiger partial charge in [-0.15, -0.1) is 0 Å². The first-order chi connectivity index (χ1) is 13.6. The molecule has 2 aliphatic heterocycles. The summed E-state index contributed by atoms with van der Waals surface area (Å²) in [6.45, 7) is 5.82. The van der Waals surface area contributed by atoms with Crippen molar-refractivity contribution in [3.63, 3.8) is 0 Å². The monoisotopic (exact) mass is 399 g/mol. The summed E-state index contributed by atoms with van der Waals surface area (Å²) >= 11 is 1.48. The zero-order chi connectivity index (χ0) is 19.3. The van der Waals surface area contributed by atoms with Gasteiger partial charge in [-0.3, -0.25) is 4.79 Å². The van der Waals surface area contributed by atoms with Crippen LogP contribution >= 0.6 is 11.3 Å². The maximum absolute atomic E-state index is 11.8. The van der Waals surface area contributed by atoms with Crippen molar-refractivity contribution in [3.05, 3.63) is 34.5 Å². The predicted molar refractivity (Wildman–Crippen MR) is 107 cm³/mol. The molecule has 3 aromatic rings. The molecule has 1 atom stereocenters. The third-order valence-electron chi connectivity index (χ3n) is 5.29. The van der Waals surface area contributed by atoms with Crippen LogP contribution in [0.3, 0.4) is 0 Å². The third kappa shape index (κ3) is 2.93. The third-order valence-corrected chi connectivity index (χ3v) is 6.59. The predicted octanol–water partition coefficient (Wildman–Crippen LogP) is 3.31. The van der Waals surface area contributed by atoms with E-state index in [1.54, 1.807) is 6.92 Å². The van der Waals surface area contributed by atoms with Crippen LogP contribution in [0, 0.1) is 6.92 Å². The molecule has 5 rings (SSSR count). The van der Waals surface area contributed by atoms with Crippen molar-refractivity contribution < 1.29 is 19.0 Å².